The standard InChI is InChI=1S/C12H16ClNO/c1-8-4-5-9(13)11(15-2)10(8)12(14)6-3-7-12/h4-5H,3,6-7,14H2,1-2H3. The number of rotatable bonds is 2. The fourth-order valence-electron chi connectivity index (χ4n) is 2.28. The summed E-state index contributed by atoms with van der Waals surface area (Å²) < 4.78 is 5.37. The number of hydrogen-bond donors (Lipinski definition) is 1. The summed E-state index contributed by atoms with van der Waals surface area (Å²) in [6.45, 7) is 2.06. The van der Waals surface area contributed by atoms with Gasteiger partial charge in [-0.2, -0.15) is 0 Å². The molecule has 0 heterocycles. The number of ether oxygens (including phenoxy) is 1. The lowest BCUT2D eigenvalue weighted by Gasteiger charge is -2.40. The summed E-state index contributed by atoms with van der Waals surface area (Å²) in [6, 6.07) is 3.87. The van der Waals surface area contributed by atoms with E-state index in [1.54, 1.807) is 7.11 Å². The number of aryl methyl sites for hydroxylation is 1. The fraction of sp³-hybridized carbons (Fsp3) is 0.500. The Morgan fingerprint density at radius 2 is 2.07 bits per heavy atom. The van der Waals surface area contributed by atoms with Crippen LogP contribution in [0, 0.1) is 6.92 Å². The summed E-state index contributed by atoms with van der Waals surface area (Å²) in [4.78, 5) is 0. The van der Waals surface area contributed by atoms with E-state index < -0.39 is 0 Å². The Labute approximate surface area is 95.4 Å². The van der Waals surface area contributed by atoms with Gasteiger partial charge in [0.1, 0.15) is 5.75 Å². The molecule has 0 unspecified atom stereocenters. The predicted octanol–water partition coefficient (Wildman–Crippen LogP) is 2.99. The van der Waals surface area contributed by atoms with E-state index in [0.29, 0.717) is 5.02 Å². The highest BCUT2D eigenvalue weighted by Gasteiger charge is 2.38. The Morgan fingerprint density at radius 3 is 2.53 bits per heavy atom. The van der Waals surface area contributed by atoms with E-state index in [1.165, 1.54) is 12.0 Å². The van der Waals surface area contributed by atoms with Crippen LogP contribution in [0.3, 0.4) is 0 Å². The zero-order chi connectivity index (χ0) is 11.1. The minimum atomic E-state index is -0.222. The van der Waals surface area contributed by atoms with Crippen molar-refractivity contribution >= 4 is 11.6 Å². The van der Waals surface area contributed by atoms with Crippen LogP contribution in [0.5, 0.6) is 5.75 Å². The molecule has 3 heteroatoms. The van der Waals surface area contributed by atoms with Gasteiger partial charge in [-0.1, -0.05) is 17.7 Å². The molecule has 0 aliphatic heterocycles. The van der Waals surface area contributed by atoms with Gasteiger partial charge in [-0.05, 0) is 37.8 Å². The van der Waals surface area contributed by atoms with Crippen molar-refractivity contribution in [3.8, 4) is 5.75 Å². The van der Waals surface area contributed by atoms with E-state index in [9.17, 15) is 0 Å². The van der Waals surface area contributed by atoms with Crippen LogP contribution in [-0.2, 0) is 5.54 Å². The zero-order valence-corrected chi connectivity index (χ0v) is 9.90. The second kappa shape index (κ2) is 3.69. The maximum atomic E-state index is 6.33. The largest absolute Gasteiger partial charge is 0.495 e. The molecule has 82 valence electrons. The van der Waals surface area contributed by atoms with Gasteiger partial charge in [0.15, 0.2) is 0 Å². The summed E-state index contributed by atoms with van der Waals surface area (Å²) >= 11 is 6.11. The van der Waals surface area contributed by atoms with Gasteiger partial charge in [0.25, 0.3) is 0 Å². The molecule has 2 N–H and O–H groups in total. The van der Waals surface area contributed by atoms with Crippen molar-refractivity contribution in [2.45, 2.75) is 31.7 Å². The molecule has 0 bridgehead atoms. The molecule has 2 nitrogen and oxygen atoms in total. The van der Waals surface area contributed by atoms with Crippen molar-refractivity contribution < 1.29 is 4.74 Å². The third-order valence-electron chi connectivity index (χ3n) is 3.27. The van der Waals surface area contributed by atoms with E-state index in [1.807, 2.05) is 12.1 Å². The lowest BCUT2D eigenvalue weighted by atomic mass is 9.71. The van der Waals surface area contributed by atoms with E-state index >= 15 is 0 Å². The van der Waals surface area contributed by atoms with Gasteiger partial charge < -0.3 is 10.5 Å². The Bertz CT molecular complexity index is 385. The molecule has 1 aromatic carbocycles. The van der Waals surface area contributed by atoms with Crippen LogP contribution < -0.4 is 10.5 Å². The summed E-state index contributed by atoms with van der Waals surface area (Å²) in [5.74, 6) is 0.749. The number of methoxy groups -OCH3 is 1. The summed E-state index contributed by atoms with van der Waals surface area (Å²) in [5.41, 5.74) is 8.36. The van der Waals surface area contributed by atoms with E-state index in [0.717, 1.165) is 24.2 Å². The van der Waals surface area contributed by atoms with Crippen molar-refractivity contribution in [1.82, 2.24) is 0 Å². The van der Waals surface area contributed by atoms with Crippen LogP contribution in [0.4, 0.5) is 0 Å². The number of nitrogens with two attached hydrogens (primary N) is 1. The topological polar surface area (TPSA) is 35.2 Å². The Hall–Kier alpha value is -0.730. The molecule has 1 aliphatic carbocycles. The minimum Gasteiger partial charge on any atom is -0.495 e. The molecule has 0 saturated heterocycles. The maximum Gasteiger partial charge on any atom is 0.142 e. The first-order valence-corrected chi connectivity index (χ1v) is 5.59. The smallest absolute Gasteiger partial charge is 0.142 e. The monoisotopic (exact) mass is 225 g/mol. The van der Waals surface area contributed by atoms with E-state index in [-0.39, 0.29) is 5.54 Å². The average molecular weight is 226 g/mol. The van der Waals surface area contributed by atoms with Crippen LogP contribution in [0.25, 0.3) is 0 Å². The lowest BCUT2D eigenvalue weighted by Crippen LogP contribution is -2.44. The molecule has 1 aliphatic rings. The Kier molecular flexibility index (Phi) is 2.65. The number of halogens is 1. The van der Waals surface area contributed by atoms with Gasteiger partial charge in [0, 0.05) is 11.1 Å². The molecule has 1 saturated carbocycles. The third-order valence-corrected chi connectivity index (χ3v) is 3.56. The Morgan fingerprint density at radius 1 is 1.40 bits per heavy atom. The molecule has 0 amide bonds. The SMILES string of the molecule is COc1c(Cl)ccc(C)c1C1(N)CCC1. The molecule has 0 aromatic heterocycles. The van der Waals surface area contributed by atoms with E-state index in [2.05, 4.69) is 6.92 Å². The first kappa shape index (κ1) is 10.8. The highest BCUT2D eigenvalue weighted by molar-refractivity contribution is 6.32. The quantitative estimate of drug-likeness (QED) is 0.840. The van der Waals surface area contributed by atoms with Crippen molar-refractivity contribution in [2.24, 2.45) is 5.73 Å². The first-order valence-electron chi connectivity index (χ1n) is 5.21. The lowest BCUT2D eigenvalue weighted by molar-refractivity contribution is 0.242. The minimum absolute atomic E-state index is 0.222. The van der Waals surface area contributed by atoms with Gasteiger partial charge in [-0.15, -0.1) is 0 Å². The van der Waals surface area contributed by atoms with Gasteiger partial charge >= 0.3 is 0 Å². The molecule has 0 spiro atoms. The van der Waals surface area contributed by atoms with E-state index in [4.69, 9.17) is 22.1 Å². The molecule has 0 atom stereocenters. The second-order valence-electron chi connectivity index (χ2n) is 4.28. The van der Waals surface area contributed by atoms with Crippen LogP contribution in [0.15, 0.2) is 12.1 Å². The summed E-state index contributed by atoms with van der Waals surface area (Å²) in [5, 5.41) is 0.648. The Balaban J connectivity index is 2.57. The van der Waals surface area contributed by atoms with Crippen LogP contribution in [0.1, 0.15) is 30.4 Å². The van der Waals surface area contributed by atoms with Crippen LogP contribution >= 0.6 is 11.6 Å². The van der Waals surface area contributed by atoms with Gasteiger partial charge in [0.05, 0.1) is 12.1 Å². The average Bonchev–Trinajstić information content (AvgIpc) is 2.17. The molecule has 0 radical (unpaired) electrons. The summed E-state index contributed by atoms with van der Waals surface area (Å²) in [6.07, 6.45) is 3.22. The third kappa shape index (κ3) is 1.62. The van der Waals surface area contributed by atoms with Gasteiger partial charge in [-0.3, -0.25) is 0 Å². The highest BCUT2D eigenvalue weighted by atomic mass is 35.5. The summed E-state index contributed by atoms with van der Waals surface area (Å²) in [7, 11) is 1.65. The highest BCUT2D eigenvalue weighted by Crippen LogP contribution is 2.46. The molecular weight excluding hydrogens is 210 g/mol. The van der Waals surface area contributed by atoms with Crippen molar-refractivity contribution in [1.29, 1.82) is 0 Å². The second-order valence-corrected chi connectivity index (χ2v) is 4.69. The molecule has 1 aromatic rings. The number of benzene rings is 1. The van der Waals surface area contributed by atoms with Gasteiger partial charge in [0.2, 0.25) is 0 Å². The molecule has 2 rings (SSSR count). The van der Waals surface area contributed by atoms with Crippen molar-refractivity contribution in [2.75, 3.05) is 7.11 Å². The fourth-order valence-corrected chi connectivity index (χ4v) is 2.52. The maximum absolute atomic E-state index is 6.33. The van der Waals surface area contributed by atoms with Crippen molar-refractivity contribution in [3.63, 3.8) is 0 Å². The zero-order valence-electron chi connectivity index (χ0n) is 9.14. The molecular formula is C12H16ClNO. The van der Waals surface area contributed by atoms with Crippen LogP contribution in [0.2, 0.25) is 5.02 Å². The normalized spacial score (nSPS) is 18.4. The first-order chi connectivity index (χ1) is 7.08. The predicted molar refractivity (Wildman–Crippen MR) is 62.5 cm³/mol. The molecule has 1 fully saturated rings. The van der Waals surface area contributed by atoms with Gasteiger partial charge in [-0.25, -0.2) is 0 Å². The number of hydrogen-bond acceptors (Lipinski definition) is 2. The molecule has 15 heavy (non-hydrogen) atoms. The van der Waals surface area contributed by atoms with Crippen molar-refractivity contribution in [3.05, 3.63) is 28.3 Å². The van der Waals surface area contributed by atoms with Crippen LogP contribution in [-0.4, -0.2) is 7.11 Å².